The Bertz CT molecular complexity index is 1100. The Balaban J connectivity index is 1.72. The van der Waals surface area contributed by atoms with Crippen LogP contribution < -0.4 is 11.5 Å². The third-order valence-electron chi connectivity index (χ3n) is 5.20. The molecule has 1 saturated heterocycles. The van der Waals surface area contributed by atoms with Crippen molar-refractivity contribution in [3.05, 3.63) is 65.0 Å². The van der Waals surface area contributed by atoms with Gasteiger partial charge in [0.1, 0.15) is 0 Å². The number of benzene rings is 2. The Morgan fingerprint density at radius 2 is 1.87 bits per heavy atom. The molecular formula is C23H26N2O4PS. The van der Waals surface area contributed by atoms with E-state index in [0.717, 1.165) is 21.6 Å². The lowest BCUT2D eigenvalue weighted by Crippen LogP contribution is -2.31. The van der Waals surface area contributed by atoms with Gasteiger partial charge in [0.25, 0.3) is 0 Å². The van der Waals surface area contributed by atoms with Crippen molar-refractivity contribution in [1.29, 1.82) is 0 Å². The highest BCUT2D eigenvalue weighted by molar-refractivity contribution is 7.59. The predicted octanol–water partition coefficient (Wildman–Crippen LogP) is 5.09. The maximum Gasteiger partial charge on any atom is 0.249 e. The molecule has 0 saturated carbocycles. The molecule has 163 valence electrons. The SMILES string of the molecule is CC1(C)CO[P](O)(Cc2ccc(C(N)=O)c(-c3cc(-c4cccs4)ccc3N)c2)OC1. The van der Waals surface area contributed by atoms with Gasteiger partial charge in [-0.3, -0.25) is 4.79 Å². The van der Waals surface area contributed by atoms with E-state index in [1.807, 2.05) is 55.6 Å². The summed E-state index contributed by atoms with van der Waals surface area (Å²) < 4.78 is 11.5. The van der Waals surface area contributed by atoms with E-state index in [0.29, 0.717) is 30.0 Å². The summed E-state index contributed by atoms with van der Waals surface area (Å²) in [6.45, 7) is 4.91. The monoisotopic (exact) mass is 457 g/mol. The number of carbonyl (C=O) groups is 1. The van der Waals surface area contributed by atoms with Crippen LogP contribution in [-0.4, -0.2) is 24.0 Å². The van der Waals surface area contributed by atoms with Gasteiger partial charge in [-0.1, -0.05) is 32.0 Å². The van der Waals surface area contributed by atoms with Crippen LogP contribution in [0.1, 0.15) is 29.8 Å². The summed E-state index contributed by atoms with van der Waals surface area (Å²) in [5.41, 5.74) is 15.9. The van der Waals surface area contributed by atoms with Crippen molar-refractivity contribution in [3.63, 3.8) is 0 Å². The molecule has 5 N–H and O–H groups in total. The van der Waals surface area contributed by atoms with E-state index in [2.05, 4.69) is 0 Å². The Labute approximate surface area is 186 Å². The fourth-order valence-electron chi connectivity index (χ4n) is 3.47. The van der Waals surface area contributed by atoms with Crippen molar-refractivity contribution in [2.24, 2.45) is 11.1 Å². The first-order valence-electron chi connectivity index (χ1n) is 9.92. The van der Waals surface area contributed by atoms with Crippen molar-refractivity contribution in [2.45, 2.75) is 20.0 Å². The first kappa shape index (κ1) is 21.9. The van der Waals surface area contributed by atoms with E-state index < -0.39 is 13.9 Å². The van der Waals surface area contributed by atoms with Crippen LogP contribution in [0, 0.1) is 5.41 Å². The number of anilines is 1. The zero-order valence-corrected chi connectivity index (χ0v) is 19.2. The fourth-order valence-corrected chi connectivity index (χ4v) is 6.21. The lowest BCUT2D eigenvalue weighted by molar-refractivity contribution is 0.0249. The van der Waals surface area contributed by atoms with Gasteiger partial charge in [0.15, 0.2) is 0 Å². The van der Waals surface area contributed by atoms with E-state index in [1.165, 1.54) is 0 Å². The number of nitrogen functional groups attached to an aromatic ring is 1. The van der Waals surface area contributed by atoms with Crippen LogP contribution >= 0.6 is 19.3 Å². The third kappa shape index (κ3) is 4.81. The molecule has 1 amide bonds. The summed E-state index contributed by atoms with van der Waals surface area (Å²) in [7, 11) is -3.02. The Hall–Kier alpha value is -2.28. The number of hydrogen-bond acceptors (Lipinski definition) is 6. The molecule has 8 heteroatoms. The van der Waals surface area contributed by atoms with E-state index in [-0.39, 0.29) is 11.6 Å². The largest absolute Gasteiger partial charge is 0.398 e. The van der Waals surface area contributed by atoms with Crippen LogP contribution in [0.25, 0.3) is 21.6 Å². The average Bonchev–Trinajstić information content (AvgIpc) is 3.26. The van der Waals surface area contributed by atoms with Gasteiger partial charge < -0.3 is 25.4 Å². The van der Waals surface area contributed by atoms with Gasteiger partial charge in [-0.05, 0) is 52.4 Å². The number of primary amides is 1. The smallest absolute Gasteiger partial charge is 0.249 e. The molecule has 2 aromatic carbocycles. The van der Waals surface area contributed by atoms with E-state index in [4.69, 9.17) is 20.5 Å². The topological polar surface area (TPSA) is 108 Å². The Morgan fingerprint density at radius 3 is 2.52 bits per heavy atom. The number of thiophene rings is 1. The van der Waals surface area contributed by atoms with Crippen molar-refractivity contribution in [1.82, 2.24) is 0 Å². The van der Waals surface area contributed by atoms with Crippen molar-refractivity contribution < 1.29 is 18.7 Å². The summed E-state index contributed by atoms with van der Waals surface area (Å²) in [5.74, 6) is -0.539. The second-order valence-electron chi connectivity index (χ2n) is 8.53. The summed E-state index contributed by atoms with van der Waals surface area (Å²) in [4.78, 5) is 24.1. The van der Waals surface area contributed by atoms with Gasteiger partial charge in [0, 0.05) is 27.1 Å². The summed E-state index contributed by atoms with van der Waals surface area (Å²) in [5, 5.41) is 2.01. The maximum atomic E-state index is 12.1. The molecule has 6 nitrogen and oxygen atoms in total. The number of hydrogen-bond donors (Lipinski definition) is 3. The van der Waals surface area contributed by atoms with Gasteiger partial charge in [-0.25, -0.2) is 0 Å². The predicted molar refractivity (Wildman–Crippen MR) is 127 cm³/mol. The second-order valence-corrected chi connectivity index (χ2v) is 11.6. The number of nitrogens with two attached hydrogens (primary N) is 2. The van der Waals surface area contributed by atoms with Crippen LogP contribution in [0.2, 0.25) is 0 Å². The van der Waals surface area contributed by atoms with Crippen LogP contribution in [0.4, 0.5) is 5.69 Å². The minimum Gasteiger partial charge on any atom is -0.398 e. The minimum atomic E-state index is -3.02. The first-order valence-corrected chi connectivity index (χ1v) is 12.6. The highest BCUT2D eigenvalue weighted by Gasteiger charge is 2.38. The quantitative estimate of drug-likeness (QED) is 0.365. The molecule has 31 heavy (non-hydrogen) atoms. The molecule has 0 bridgehead atoms. The lowest BCUT2D eigenvalue weighted by atomic mass is 9.94. The second kappa shape index (κ2) is 8.34. The zero-order valence-electron chi connectivity index (χ0n) is 17.5. The normalized spacial score (nSPS) is 17.4. The molecule has 0 spiro atoms. The maximum absolute atomic E-state index is 12.1. The average molecular weight is 458 g/mol. The van der Waals surface area contributed by atoms with E-state index in [9.17, 15) is 9.69 Å². The number of rotatable bonds is 5. The summed E-state index contributed by atoms with van der Waals surface area (Å²) in [6.07, 6.45) is 0.222. The van der Waals surface area contributed by atoms with Crippen LogP contribution in [-0.2, 0) is 15.2 Å². The van der Waals surface area contributed by atoms with Crippen LogP contribution in [0.5, 0.6) is 0 Å². The molecule has 0 unspecified atom stereocenters. The molecule has 0 atom stereocenters. The molecule has 1 fully saturated rings. The highest BCUT2D eigenvalue weighted by Crippen LogP contribution is 2.63. The van der Waals surface area contributed by atoms with Gasteiger partial charge in [0.05, 0.1) is 19.4 Å². The van der Waals surface area contributed by atoms with Crippen molar-refractivity contribution in [3.8, 4) is 21.6 Å². The van der Waals surface area contributed by atoms with Crippen molar-refractivity contribution >= 4 is 30.9 Å². The number of amides is 1. The van der Waals surface area contributed by atoms with Gasteiger partial charge >= 0.3 is 0 Å². The highest BCUT2D eigenvalue weighted by atomic mass is 32.1. The fraction of sp³-hybridized carbons (Fsp3) is 0.261. The summed E-state index contributed by atoms with van der Waals surface area (Å²) in [6, 6.07) is 15.1. The van der Waals surface area contributed by atoms with E-state index >= 15 is 0 Å². The Kier molecular flexibility index (Phi) is 5.90. The van der Waals surface area contributed by atoms with Crippen LogP contribution in [0.3, 0.4) is 0 Å². The van der Waals surface area contributed by atoms with Gasteiger partial charge in [-0.2, -0.15) is 0 Å². The standard InChI is InChI=1S/C23H26N2O4PS/c1-23(2)13-28-30(27,29-14-23)12-15-5-7-17(22(25)26)18(10-15)19-11-16(6-8-20(19)24)21-4-3-9-31-21/h3-11,27H,12-14,24H2,1-2H3,(H2,25,26). The summed E-state index contributed by atoms with van der Waals surface area (Å²) >= 11 is 1.63. The molecule has 1 aliphatic heterocycles. The first-order chi connectivity index (χ1) is 14.7. The third-order valence-corrected chi connectivity index (χ3v) is 7.94. The van der Waals surface area contributed by atoms with Crippen LogP contribution in [0.15, 0.2) is 53.9 Å². The lowest BCUT2D eigenvalue weighted by Gasteiger charge is -2.40. The Morgan fingerprint density at radius 1 is 1.13 bits per heavy atom. The zero-order chi connectivity index (χ0) is 22.2. The molecule has 3 aromatic rings. The van der Waals surface area contributed by atoms with Gasteiger partial charge in [0.2, 0.25) is 13.9 Å². The molecular weight excluding hydrogens is 431 g/mol. The molecule has 0 aliphatic carbocycles. The van der Waals surface area contributed by atoms with E-state index in [1.54, 1.807) is 23.5 Å². The van der Waals surface area contributed by atoms with Crippen molar-refractivity contribution in [2.75, 3.05) is 18.9 Å². The molecule has 1 aromatic heterocycles. The molecule has 1 aliphatic rings. The molecule has 2 heterocycles. The molecule has 4 rings (SSSR count). The molecule has 1 radical (unpaired) electrons. The number of carbonyl (C=O) groups excluding carboxylic acids is 1. The van der Waals surface area contributed by atoms with Gasteiger partial charge in [-0.15, -0.1) is 11.3 Å². The minimum absolute atomic E-state index is 0.135.